The first kappa shape index (κ1) is 17.1. The van der Waals surface area contributed by atoms with Gasteiger partial charge in [-0.05, 0) is 41.5 Å². The van der Waals surface area contributed by atoms with Crippen LogP contribution in [0.1, 0.15) is 58.4 Å². The number of nitrogens with two attached hydrogens (primary N) is 1. The van der Waals surface area contributed by atoms with Crippen LogP contribution in [0.4, 0.5) is 0 Å². The third-order valence-corrected chi connectivity index (χ3v) is 5.80. The molecule has 0 bridgehead atoms. The van der Waals surface area contributed by atoms with E-state index in [0.717, 1.165) is 42.4 Å². The van der Waals surface area contributed by atoms with Crippen LogP contribution in [-0.4, -0.2) is 11.6 Å². The predicted molar refractivity (Wildman–Crippen MR) is 99.6 cm³/mol. The Morgan fingerprint density at radius 3 is 2.38 bits per heavy atom. The zero-order valence-corrected chi connectivity index (χ0v) is 14.7. The first-order chi connectivity index (χ1) is 12.7. The molecule has 1 fully saturated rings. The number of hydrogen-bond donors (Lipinski definition) is 1. The van der Waals surface area contributed by atoms with Gasteiger partial charge in [-0.3, -0.25) is 14.4 Å². The minimum Gasteiger partial charge on any atom is -0.300 e. The minimum atomic E-state index is -0.469. The van der Waals surface area contributed by atoms with Gasteiger partial charge in [-0.2, -0.15) is 0 Å². The molecule has 1 atom stereocenters. The summed E-state index contributed by atoms with van der Waals surface area (Å²) < 4.78 is 0. The second-order valence-electron chi connectivity index (χ2n) is 7.33. The molecular formula is C22H23NO3. The van der Waals surface area contributed by atoms with Gasteiger partial charge in [0.05, 0.1) is 12.5 Å². The molecule has 2 N–H and O–H groups in total. The highest BCUT2D eigenvalue weighted by Gasteiger charge is 2.43. The molecule has 0 aliphatic heterocycles. The van der Waals surface area contributed by atoms with Crippen molar-refractivity contribution in [3.8, 4) is 11.1 Å². The normalized spacial score (nSPS) is 20.4. The summed E-state index contributed by atoms with van der Waals surface area (Å²) in [5.41, 5.74) is 4.01. The fourth-order valence-corrected chi connectivity index (χ4v) is 4.50. The topological polar surface area (TPSA) is 69.4 Å². The maximum atomic E-state index is 13.0. The zero-order valence-electron chi connectivity index (χ0n) is 14.7. The Kier molecular flexibility index (Phi) is 4.70. The first-order valence-corrected chi connectivity index (χ1v) is 9.33. The molecule has 0 aromatic heterocycles. The van der Waals surface area contributed by atoms with Gasteiger partial charge in [-0.15, -0.1) is 0 Å². The third kappa shape index (κ3) is 2.89. The number of Topliss-reactive ketones (excluding diaryl/α,β-unsaturated/α-hetero) is 2. The van der Waals surface area contributed by atoms with Crippen LogP contribution in [0, 0.1) is 11.8 Å². The summed E-state index contributed by atoms with van der Waals surface area (Å²) in [6.07, 6.45) is 5.42. The highest BCUT2D eigenvalue weighted by Crippen LogP contribution is 2.40. The Bertz CT molecular complexity index is 852. The highest BCUT2D eigenvalue weighted by molar-refractivity contribution is 6.27. The second-order valence-corrected chi connectivity index (χ2v) is 7.33. The molecule has 4 nitrogen and oxygen atoms in total. The van der Waals surface area contributed by atoms with Crippen LogP contribution in [-0.2, 0) is 11.4 Å². The summed E-state index contributed by atoms with van der Waals surface area (Å²) in [6.45, 7) is 0.296. The molecule has 26 heavy (non-hydrogen) atoms. The first-order valence-electron chi connectivity index (χ1n) is 9.33. The lowest BCUT2D eigenvalue weighted by molar-refractivity contribution is 0.0757. The summed E-state index contributed by atoms with van der Waals surface area (Å²) in [7, 11) is 0. The van der Waals surface area contributed by atoms with Gasteiger partial charge in [0.2, 0.25) is 0 Å². The molecule has 1 saturated carbocycles. The van der Waals surface area contributed by atoms with E-state index in [2.05, 4.69) is 0 Å². The molecule has 1 unspecified atom stereocenters. The van der Waals surface area contributed by atoms with Crippen molar-refractivity contribution < 1.29 is 14.4 Å². The Morgan fingerprint density at radius 2 is 1.62 bits per heavy atom. The van der Waals surface area contributed by atoms with Crippen LogP contribution < -0.4 is 5.90 Å². The number of carbonyl (C=O) groups excluding carboxylic acids is 2. The Morgan fingerprint density at radius 1 is 0.885 bits per heavy atom. The van der Waals surface area contributed by atoms with Crippen molar-refractivity contribution in [1.82, 2.24) is 0 Å². The van der Waals surface area contributed by atoms with Crippen molar-refractivity contribution in [3.63, 3.8) is 0 Å². The number of carbonyl (C=O) groups is 2. The summed E-state index contributed by atoms with van der Waals surface area (Å²) in [5, 5.41) is 0. The second kappa shape index (κ2) is 7.14. The average molecular weight is 349 g/mol. The molecule has 2 aromatic carbocycles. The van der Waals surface area contributed by atoms with Gasteiger partial charge in [0, 0.05) is 11.1 Å². The van der Waals surface area contributed by atoms with Crippen molar-refractivity contribution >= 4 is 11.6 Å². The molecule has 4 heteroatoms. The van der Waals surface area contributed by atoms with Gasteiger partial charge < -0.3 is 0 Å². The lowest BCUT2D eigenvalue weighted by Crippen LogP contribution is -2.27. The van der Waals surface area contributed by atoms with Gasteiger partial charge in [-0.1, -0.05) is 55.7 Å². The molecule has 0 spiro atoms. The zero-order chi connectivity index (χ0) is 18.1. The number of benzene rings is 2. The van der Waals surface area contributed by atoms with E-state index in [-0.39, 0.29) is 17.5 Å². The number of ketones is 2. The van der Waals surface area contributed by atoms with E-state index in [4.69, 9.17) is 10.7 Å². The predicted octanol–water partition coefficient (Wildman–Crippen LogP) is 4.32. The summed E-state index contributed by atoms with van der Waals surface area (Å²) in [5.74, 6) is 5.00. The molecule has 0 saturated heterocycles. The van der Waals surface area contributed by atoms with Crippen molar-refractivity contribution in [2.75, 3.05) is 0 Å². The molecule has 134 valence electrons. The molecule has 4 rings (SSSR count). The number of fused-ring (bicyclic) bond motifs is 1. The van der Waals surface area contributed by atoms with Gasteiger partial charge in [0.15, 0.2) is 11.6 Å². The van der Waals surface area contributed by atoms with E-state index in [9.17, 15) is 9.59 Å². The van der Waals surface area contributed by atoms with Crippen molar-refractivity contribution in [2.24, 2.45) is 17.7 Å². The van der Waals surface area contributed by atoms with Gasteiger partial charge in [0.1, 0.15) is 0 Å². The SMILES string of the molecule is NOCc1ccccc1-c1ccc2c(c1)C(=O)C(C1CCCCC1)C2=O. The van der Waals surface area contributed by atoms with Crippen LogP contribution in [0.15, 0.2) is 42.5 Å². The molecule has 0 radical (unpaired) electrons. The standard InChI is InChI=1S/C22H23NO3/c23-26-13-16-8-4-5-9-17(16)15-10-11-18-19(12-15)22(25)20(21(18)24)14-6-2-1-3-7-14/h4-5,8-12,14,20H,1-3,6-7,13,23H2. The van der Waals surface area contributed by atoms with Gasteiger partial charge in [-0.25, -0.2) is 5.90 Å². The fraction of sp³-hybridized carbons (Fsp3) is 0.364. The van der Waals surface area contributed by atoms with Gasteiger partial charge >= 0.3 is 0 Å². The number of hydrogen-bond acceptors (Lipinski definition) is 4. The molecule has 2 aromatic rings. The van der Waals surface area contributed by atoms with Crippen molar-refractivity contribution in [2.45, 2.75) is 38.7 Å². The third-order valence-electron chi connectivity index (χ3n) is 5.80. The van der Waals surface area contributed by atoms with Gasteiger partial charge in [0.25, 0.3) is 0 Å². The van der Waals surface area contributed by atoms with Crippen LogP contribution in [0.2, 0.25) is 0 Å². The lowest BCUT2D eigenvalue weighted by atomic mass is 9.78. The maximum absolute atomic E-state index is 13.0. The summed E-state index contributed by atoms with van der Waals surface area (Å²) in [4.78, 5) is 30.7. The Labute approximate surface area is 153 Å². The van der Waals surface area contributed by atoms with E-state index in [1.54, 1.807) is 0 Å². The Hall–Kier alpha value is -2.30. The van der Waals surface area contributed by atoms with Crippen LogP contribution in [0.3, 0.4) is 0 Å². The quantitative estimate of drug-likeness (QED) is 0.659. The van der Waals surface area contributed by atoms with E-state index in [0.29, 0.717) is 17.7 Å². The van der Waals surface area contributed by atoms with Crippen LogP contribution in [0.5, 0.6) is 0 Å². The molecule has 2 aliphatic rings. The summed E-state index contributed by atoms with van der Waals surface area (Å²) in [6, 6.07) is 13.4. The largest absolute Gasteiger partial charge is 0.300 e. The molecule has 2 aliphatic carbocycles. The number of rotatable bonds is 4. The van der Waals surface area contributed by atoms with E-state index < -0.39 is 5.92 Å². The monoisotopic (exact) mass is 349 g/mol. The molecule has 0 amide bonds. The maximum Gasteiger partial charge on any atom is 0.174 e. The molecular weight excluding hydrogens is 326 g/mol. The van der Waals surface area contributed by atoms with Crippen LogP contribution in [0.25, 0.3) is 11.1 Å². The highest BCUT2D eigenvalue weighted by atomic mass is 16.6. The van der Waals surface area contributed by atoms with E-state index in [1.165, 1.54) is 6.42 Å². The lowest BCUT2D eigenvalue weighted by Gasteiger charge is -2.25. The Balaban J connectivity index is 1.70. The van der Waals surface area contributed by atoms with E-state index >= 15 is 0 Å². The van der Waals surface area contributed by atoms with Crippen LogP contribution >= 0.6 is 0 Å². The average Bonchev–Trinajstić information content (AvgIpc) is 2.93. The van der Waals surface area contributed by atoms with Crippen molar-refractivity contribution in [1.29, 1.82) is 0 Å². The van der Waals surface area contributed by atoms with E-state index in [1.807, 2.05) is 42.5 Å². The fourth-order valence-electron chi connectivity index (χ4n) is 4.50. The van der Waals surface area contributed by atoms with Crippen molar-refractivity contribution in [3.05, 3.63) is 59.2 Å². The molecule has 0 heterocycles. The smallest absolute Gasteiger partial charge is 0.174 e. The minimum absolute atomic E-state index is 0.00584. The summed E-state index contributed by atoms with van der Waals surface area (Å²) >= 11 is 0.